The lowest BCUT2D eigenvalue weighted by molar-refractivity contribution is 0.0690. The molecule has 0 bridgehead atoms. The summed E-state index contributed by atoms with van der Waals surface area (Å²) in [4.78, 5) is 14.3. The molecule has 0 atom stereocenters. The molecule has 0 aliphatic carbocycles. The standard InChI is InChI=1S/C20H19FN2O2/c1-25-17-9-5-8-16(21)18(17)20(14-22)10-12-23(13-11-20)19(24)15-6-3-2-4-7-15/h2-9H,10-13H2,1H3. The van der Waals surface area contributed by atoms with Crippen LogP contribution in [0, 0.1) is 17.1 Å². The highest BCUT2D eigenvalue weighted by Crippen LogP contribution is 2.41. The number of amides is 1. The van der Waals surface area contributed by atoms with Crippen LogP contribution in [0.4, 0.5) is 4.39 Å². The zero-order chi connectivity index (χ0) is 17.9. The largest absolute Gasteiger partial charge is 0.496 e. The fourth-order valence-electron chi connectivity index (χ4n) is 3.41. The highest BCUT2D eigenvalue weighted by Gasteiger charge is 2.41. The Morgan fingerprint density at radius 2 is 1.84 bits per heavy atom. The van der Waals surface area contributed by atoms with Gasteiger partial charge in [0.25, 0.3) is 5.91 Å². The Bertz CT molecular complexity index is 806. The van der Waals surface area contributed by atoms with Gasteiger partial charge in [-0.15, -0.1) is 0 Å². The number of piperidine rings is 1. The molecule has 1 aliphatic heterocycles. The fourth-order valence-corrected chi connectivity index (χ4v) is 3.41. The number of halogens is 1. The van der Waals surface area contributed by atoms with Gasteiger partial charge in [0.05, 0.1) is 24.2 Å². The van der Waals surface area contributed by atoms with E-state index in [0.717, 1.165) is 0 Å². The van der Waals surface area contributed by atoms with Crippen molar-refractivity contribution in [1.82, 2.24) is 4.90 Å². The molecule has 4 nitrogen and oxygen atoms in total. The van der Waals surface area contributed by atoms with E-state index in [2.05, 4.69) is 6.07 Å². The van der Waals surface area contributed by atoms with Crippen LogP contribution in [0.3, 0.4) is 0 Å². The lowest BCUT2D eigenvalue weighted by atomic mass is 9.73. The number of nitriles is 1. The van der Waals surface area contributed by atoms with Crippen LogP contribution in [0.1, 0.15) is 28.8 Å². The third kappa shape index (κ3) is 3.08. The molecule has 0 aromatic heterocycles. The van der Waals surface area contributed by atoms with Crippen molar-refractivity contribution >= 4 is 5.91 Å². The van der Waals surface area contributed by atoms with Crippen molar-refractivity contribution in [2.24, 2.45) is 0 Å². The molecule has 5 heteroatoms. The van der Waals surface area contributed by atoms with E-state index in [1.54, 1.807) is 29.2 Å². The van der Waals surface area contributed by atoms with Crippen molar-refractivity contribution in [3.8, 4) is 11.8 Å². The number of methoxy groups -OCH3 is 1. The van der Waals surface area contributed by atoms with Crippen molar-refractivity contribution in [2.75, 3.05) is 20.2 Å². The van der Waals surface area contributed by atoms with Gasteiger partial charge in [0.2, 0.25) is 0 Å². The normalized spacial score (nSPS) is 16.1. The summed E-state index contributed by atoms with van der Waals surface area (Å²) in [6.07, 6.45) is 0.749. The smallest absolute Gasteiger partial charge is 0.253 e. The summed E-state index contributed by atoms with van der Waals surface area (Å²) in [5.74, 6) is -0.124. The predicted molar refractivity (Wildman–Crippen MR) is 91.8 cm³/mol. The summed E-state index contributed by atoms with van der Waals surface area (Å²) in [6.45, 7) is 0.803. The molecule has 25 heavy (non-hydrogen) atoms. The Balaban J connectivity index is 1.85. The first-order valence-corrected chi connectivity index (χ1v) is 8.20. The molecule has 1 amide bonds. The van der Waals surface area contributed by atoms with E-state index in [0.29, 0.717) is 42.8 Å². The van der Waals surface area contributed by atoms with Crippen LogP contribution >= 0.6 is 0 Å². The van der Waals surface area contributed by atoms with E-state index >= 15 is 0 Å². The molecule has 3 rings (SSSR count). The number of carbonyl (C=O) groups is 1. The van der Waals surface area contributed by atoms with Gasteiger partial charge in [-0.25, -0.2) is 4.39 Å². The maximum atomic E-state index is 14.5. The van der Waals surface area contributed by atoms with Crippen molar-refractivity contribution in [2.45, 2.75) is 18.3 Å². The lowest BCUT2D eigenvalue weighted by Crippen LogP contribution is -2.45. The zero-order valence-electron chi connectivity index (χ0n) is 14.0. The molecule has 1 heterocycles. The summed E-state index contributed by atoms with van der Waals surface area (Å²) in [6, 6.07) is 15.9. The minimum atomic E-state index is -0.982. The minimum absolute atomic E-state index is 0.0624. The lowest BCUT2D eigenvalue weighted by Gasteiger charge is -2.38. The first-order chi connectivity index (χ1) is 12.1. The second-order valence-electron chi connectivity index (χ2n) is 6.17. The number of ether oxygens (including phenoxy) is 1. The van der Waals surface area contributed by atoms with E-state index in [1.807, 2.05) is 18.2 Å². The summed E-state index contributed by atoms with van der Waals surface area (Å²) in [5.41, 5.74) is -0.0632. The van der Waals surface area contributed by atoms with Gasteiger partial charge in [-0.05, 0) is 37.1 Å². The molecule has 0 N–H and O–H groups in total. The number of hydrogen-bond acceptors (Lipinski definition) is 3. The van der Waals surface area contributed by atoms with Crippen LogP contribution in [-0.4, -0.2) is 31.0 Å². The van der Waals surface area contributed by atoms with Gasteiger partial charge in [-0.1, -0.05) is 24.3 Å². The Morgan fingerprint density at radius 3 is 2.44 bits per heavy atom. The highest BCUT2D eigenvalue weighted by atomic mass is 19.1. The van der Waals surface area contributed by atoms with E-state index in [-0.39, 0.29) is 5.91 Å². The molecular formula is C20H19FN2O2. The highest BCUT2D eigenvalue weighted by molar-refractivity contribution is 5.94. The van der Waals surface area contributed by atoms with Gasteiger partial charge < -0.3 is 9.64 Å². The van der Waals surface area contributed by atoms with Crippen molar-refractivity contribution in [1.29, 1.82) is 5.26 Å². The van der Waals surface area contributed by atoms with Crippen molar-refractivity contribution < 1.29 is 13.9 Å². The minimum Gasteiger partial charge on any atom is -0.496 e. The summed E-state index contributed by atoms with van der Waals surface area (Å²) in [7, 11) is 1.47. The van der Waals surface area contributed by atoms with Crippen LogP contribution in [0.25, 0.3) is 0 Å². The number of carbonyl (C=O) groups excluding carboxylic acids is 1. The molecule has 1 aliphatic rings. The molecule has 1 saturated heterocycles. The van der Waals surface area contributed by atoms with Crippen LogP contribution in [0.15, 0.2) is 48.5 Å². The molecule has 2 aromatic rings. The number of likely N-dealkylation sites (tertiary alicyclic amines) is 1. The van der Waals surface area contributed by atoms with E-state index < -0.39 is 11.2 Å². The Hall–Kier alpha value is -2.87. The first kappa shape index (κ1) is 17.0. The van der Waals surface area contributed by atoms with Crippen LogP contribution in [0.2, 0.25) is 0 Å². The molecule has 0 radical (unpaired) electrons. The van der Waals surface area contributed by atoms with Crippen molar-refractivity contribution in [3.05, 3.63) is 65.5 Å². The molecule has 0 spiro atoms. The second kappa shape index (κ2) is 6.94. The van der Waals surface area contributed by atoms with Gasteiger partial charge >= 0.3 is 0 Å². The molecule has 0 saturated carbocycles. The summed E-state index contributed by atoms with van der Waals surface area (Å²) in [5, 5.41) is 9.81. The first-order valence-electron chi connectivity index (χ1n) is 8.20. The van der Waals surface area contributed by atoms with Gasteiger partial charge in [-0.2, -0.15) is 5.26 Å². The summed E-state index contributed by atoms with van der Waals surface area (Å²) < 4.78 is 19.7. The van der Waals surface area contributed by atoms with Crippen LogP contribution < -0.4 is 4.74 Å². The van der Waals surface area contributed by atoms with Crippen LogP contribution in [0.5, 0.6) is 5.75 Å². The number of rotatable bonds is 3. The average Bonchev–Trinajstić information content (AvgIpc) is 2.68. The Kier molecular flexibility index (Phi) is 4.71. The quantitative estimate of drug-likeness (QED) is 0.860. The monoisotopic (exact) mass is 338 g/mol. The molecule has 2 aromatic carbocycles. The van der Waals surface area contributed by atoms with Crippen LogP contribution in [-0.2, 0) is 5.41 Å². The maximum absolute atomic E-state index is 14.5. The average molecular weight is 338 g/mol. The SMILES string of the molecule is COc1cccc(F)c1C1(C#N)CCN(C(=O)c2ccccc2)CC1. The number of benzene rings is 2. The molecular weight excluding hydrogens is 319 g/mol. The summed E-state index contributed by atoms with van der Waals surface area (Å²) >= 11 is 0. The molecule has 1 fully saturated rings. The molecule has 128 valence electrons. The Labute approximate surface area is 146 Å². The Morgan fingerprint density at radius 1 is 1.16 bits per heavy atom. The van der Waals surface area contributed by atoms with Crippen molar-refractivity contribution in [3.63, 3.8) is 0 Å². The fraction of sp³-hybridized carbons (Fsp3) is 0.300. The van der Waals surface area contributed by atoms with E-state index in [1.165, 1.54) is 13.2 Å². The topological polar surface area (TPSA) is 53.3 Å². The number of hydrogen-bond donors (Lipinski definition) is 0. The third-order valence-corrected chi connectivity index (χ3v) is 4.81. The van der Waals surface area contributed by atoms with Gasteiger partial charge in [0.15, 0.2) is 0 Å². The maximum Gasteiger partial charge on any atom is 0.253 e. The van der Waals surface area contributed by atoms with Gasteiger partial charge in [0, 0.05) is 18.7 Å². The predicted octanol–water partition coefficient (Wildman–Crippen LogP) is 3.53. The van der Waals surface area contributed by atoms with Gasteiger partial charge in [-0.3, -0.25) is 4.79 Å². The van der Waals surface area contributed by atoms with Gasteiger partial charge in [0.1, 0.15) is 11.6 Å². The van der Waals surface area contributed by atoms with E-state index in [4.69, 9.17) is 4.74 Å². The molecule has 0 unspecified atom stereocenters. The third-order valence-electron chi connectivity index (χ3n) is 4.81. The number of nitrogens with zero attached hydrogens (tertiary/aromatic N) is 2. The van der Waals surface area contributed by atoms with E-state index in [9.17, 15) is 14.4 Å². The second-order valence-corrected chi connectivity index (χ2v) is 6.17. The zero-order valence-corrected chi connectivity index (χ0v) is 14.0.